The topological polar surface area (TPSA) is 64.4 Å². The van der Waals surface area contributed by atoms with Crippen LogP contribution in [-0.2, 0) is 17.6 Å². The number of ether oxygens (including phenoxy) is 1. The number of benzene rings is 1. The van der Waals surface area contributed by atoms with Crippen molar-refractivity contribution in [1.82, 2.24) is 4.98 Å². The molecule has 0 amide bonds. The van der Waals surface area contributed by atoms with Gasteiger partial charge in [-0.3, -0.25) is 5.32 Å². The number of carbonyl (C=O) groups is 1. The van der Waals surface area contributed by atoms with E-state index in [1.54, 1.807) is 11.3 Å². The summed E-state index contributed by atoms with van der Waals surface area (Å²) in [5, 5.41) is 3.97. The largest absolute Gasteiger partial charge is 0.462 e. The zero-order valence-electron chi connectivity index (χ0n) is 13.4. The fourth-order valence-corrected chi connectivity index (χ4v) is 4.36. The number of oxazole rings is 1. The highest BCUT2D eigenvalue weighted by atomic mass is 32.1. The molecule has 0 bridgehead atoms. The SMILES string of the molecule is CCOC(=O)c1c(Nc2nc3ccccc3o2)sc2c1CCCC2. The average Bonchev–Trinajstić information content (AvgIpc) is 3.15. The molecule has 2 heterocycles. The van der Waals surface area contributed by atoms with Crippen molar-refractivity contribution in [2.75, 3.05) is 11.9 Å². The first-order chi connectivity index (χ1) is 11.8. The van der Waals surface area contributed by atoms with Gasteiger partial charge in [0.1, 0.15) is 10.5 Å². The Bertz CT molecular complexity index is 864. The molecule has 0 saturated heterocycles. The van der Waals surface area contributed by atoms with Crippen LogP contribution in [0.2, 0.25) is 0 Å². The van der Waals surface area contributed by atoms with E-state index in [2.05, 4.69) is 10.3 Å². The quantitative estimate of drug-likeness (QED) is 0.697. The van der Waals surface area contributed by atoms with E-state index in [4.69, 9.17) is 9.15 Å². The molecule has 5 nitrogen and oxygen atoms in total. The van der Waals surface area contributed by atoms with Crippen LogP contribution in [0, 0.1) is 0 Å². The van der Waals surface area contributed by atoms with Gasteiger partial charge in [0.05, 0.1) is 12.2 Å². The predicted molar refractivity (Wildman–Crippen MR) is 94.2 cm³/mol. The smallest absolute Gasteiger partial charge is 0.341 e. The van der Waals surface area contributed by atoms with Gasteiger partial charge in [-0.25, -0.2) is 4.79 Å². The molecule has 124 valence electrons. The van der Waals surface area contributed by atoms with Crippen LogP contribution < -0.4 is 5.32 Å². The molecule has 0 saturated carbocycles. The highest BCUT2D eigenvalue weighted by molar-refractivity contribution is 7.16. The Labute approximate surface area is 143 Å². The minimum Gasteiger partial charge on any atom is -0.462 e. The Balaban J connectivity index is 1.73. The van der Waals surface area contributed by atoms with Gasteiger partial charge in [0, 0.05) is 4.88 Å². The van der Waals surface area contributed by atoms with Crippen LogP contribution in [0.15, 0.2) is 28.7 Å². The Morgan fingerprint density at radius 2 is 2.17 bits per heavy atom. The number of nitrogens with one attached hydrogen (secondary N) is 1. The third-order valence-corrected chi connectivity index (χ3v) is 5.37. The van der Waals surface area contributed by atoms with Crippen molar-refractivity contribution in [3.8, 4) is 0 Å². The molecule has 0 fully saturated rings. The molecule has 4 rings (SSSR count). The summed E-state index contributed by atoms with van der Waals surface area (Å²) in [6, 6.07) is 8.00. The Hall–Kier alpha value is -2.34. The van der Waals surface area contributed by atoms with E-state index < -0.39 is 0 Å². The Morgan fingerprint density at radius 3 is 3.00 bits per heavy atom. The van der Waals surface area contributed by atoms with E-state index in [9.17, 15) is 4.79 Å². The van der Waals surface area contributed by atoms with Crippen molar-refractivity contribution in [2.45, 2.75) is 32.6 Å². The number of nitrogens with zero attached hydrogens (tertiary/aromatic N) is 1. The lowest BCUT2D eigenvalue weighted by molar-refractivity contribution is 0.0526. The molecule has 0 atom stereocenters. The molecule has 0 spiro atoms. The number of hydrogen-bond donors (Lipinski definition) is 1. The molecule has 0 aliphatic heterocycles. The number of aromatic nitrogens is 1. The number of anilines is 2. The third kappa shape index (κ3) is 2.67. The summed E-state index contributed by atoms with van der Waals surface area (Å²) >= 11 is 1.61. The number of thiophene rings is 1. The second-order valence-electron chi connectivity index (χ2n) is 5.75. The minimum atomic E-state index is -0.268. The van der Waals surface area contributed by atoms with Crippen LogP contribution >= 0.6 is 11.3 Å². The number of carbonyl (C=O) groups excluding carboxylic acids is 1. The number of para-hydroxylation sites is 2. The first-order valence-electron chi connectivity index (χ1n) is 8.20. The predicted octanol–water partition coefficient (Wildman–Crippen LogP) is 4.69. The summed E-state index contributed by atoms with van der Waals surface area (Å²) in [5.74, 6) is -0.268. The first-order valence-corrected chi connectivity index (χ1v) is 9.02. The maximum atomic E-state index is 12.5. The van der Waals surface area contributed by atoms with E-state index in [0.29, 0.717) is 18.2 Å². The number of rotatable bonds is 4. The summed E-state index contributed by atoms with van der Waals surface area (Å²) in [7, 11) is 0. The Morgan fingerprint density at radius 1 is 1.33 bits per heavy atom. The molecule has 0 radical (unpaired) electrons. The highest BCUT2D eigenvalue weighted by Crippen LogP contribution is 2.40. The van der Waals surface area contributed by atoms with Crippen molar-refractivity contribution in [2.24, 2.45) is 0 Å². The minimum absolute atomic E-state index is 0.268. The van der Waals surface area contributed by atoms with Gasteiger partial charge in [-0.15, -0.1) is 11.3 Å². The van der Waals surface area contributed by atoms with Gasteiger partial charge in [-0.1, -0.05) is 12.1 Å². The molecule has 0 unspecified atom stereocenters. The van der Waals surface area contributed by atoms with Gasteiger partial charge in [0.15, 0.2) is 5.58 Å². The van der Waals surface area contributed by atoms with Gasteiger partial charge in [0.25, 0.3) is 0 Å². The van der Waals surface area contributed by atoms with Crippen LogP contribution in [-0.4, -0.2) is 17.6 Å². The molecule has 6 heteroatoms. The molecule has 3 aromatic rings. The summed E-state index contributed by atoms with van der Waals surface area (Å²) in [6.07, 6.45) is 4.22. The van der Waals surface area contributed by atoms with Crippen molar-refractivity contribution in [3.63, 3.8) is 0 Å². The van der Waals surface area contributed by atoms with Crippen molar-refractivity contribution in [3.05, 3.63) is 40.3 Å². The molecule has 24 heavy (non-hydrogen) atoms. The van der Waals surface area contributed by atoms with E-state index in [1.165, 1.54) is 4.88 Å². The van der Waals surface area contributed by atoms with Crippen LogP contribution in [0.5, 0.6) is 0 Å². The molecule has 1 N–H and O–H groups in total. The van der Waals surface area contributed by atoms with Gasteiger partial charge in [-0.05, 0) is 50.3 Å². The lowest BCUT2D eigenvalue weighted by Crippen LogP contribution is -2.10. The van der Waals surface area contributed by atoms with E-state index >= 15 is 0 Å². The van der Waals surface area contributed by atoms with Crippen molar-refractivity contribution >= 4 is 39.4 Å². The number of aryl methyl sites for hydroxylation is 1. The van der Waals surface area contributed by atoms with E-state index in [0.717, 1.165) is 47.3 Å². The normalized spacial score (nSPS) is 13.7. The van der Waals surface area contributed by atoms with Gasteiger partial charge >= 0.3 is 12.0 Å². The molecule has 1 aliphatic rings. The molecule has 1 aromatic carbocycles. The lowest BCUT2D eigenvalue weighted by atomic mass is 9.95. The van der Waals surface area contributed by atoms with Crippen molar-refractivity contribution in [1.29, 1.82) is 0 Å². The number of fused-ring (bicyclic) bond motifs is 2. The standard InChI is InChI=1S/C18H18N2O3S/c1-2-22-17(21)15-11-7-3-6-10-14(11)24-16(15)20-18-19-12-8-4-5-9-13(12)23-18/h4-5,8-9H,2-3,6-7,10H2,1H3,(H,19,20). The van der Waals surface area contributed by atoms with Gasteiger partial charge < -0.3 is 9.15 Å². The van der Waals surface area contributed by atoms with E-state index in [-0.39, 0.29) is 5.97 Å². The van der Waals surface area contributed by atoms with Crippen LogP contribution in [0.25, 0.3) is 11.1 Å². The second-order valence-corrected chi connectivity index (χ2v) is 6.85. The molecular weight excluding hydrogens is 324 g/mol. The molecular formula is C18H18N2O3S. The summed E-state index contributed by atoms with van der Waals surface area (Å²) < 4.78 is 11.0. The van der Waals surface area contributed by atoms with Crippen LogP contribution in [0.3, 0.4) is 0 Å². The summed E-state index contributed by atoms with van der Waals surface area (Å²) in [6.45, 7) is 2.19. The monoisotopic (exact) mass is 342 g/mol. The zero-order valence-corrected chi connectivity index (χ0v) is 14.2. The maximum Gasteiger partial charge on any atom is 0.341 e. The fourth-order valence-electron chi connectivity index (χ4n) is 3.10. The highest BCUT2D eigenvalue weighted by Gasteiger charge is 2.27. The average molecular weight is 342 g/mol. The lowest BCUT2D eigenvalue weighted by Gasteiger charge is -2.12. The zero-order chi connectivity index (χ0) is 16.5. The second kappa shape index (κ2) is 6.28. The Kier molecular flexibility index (Phi) is 3.98. The summed E-state index contributed by atoms with van der Waals surface area (Å²) in [4.78, 5) is 18.2. The molecule has 2 aromatic heterocycles. The molecule has 1 aliphatic carbocycles. The van der Waals surface area contributed by atoms with Gasteiger partial charge in [-0.2, -0.15) is 4.98 Å². The van der Waals surface area contributed by atoms with Crippen LogP contribution in [0.4, 0.5) is 11.0 Å². The number of hydrogen-bond acceptors (Lipinski definition) is 6. The number of esters is 1. The van der Waals surface area contributed by atoms with Gasteiger partial charge in [0.2, 0.25) is 0 Å². The fraction of sp³-hybridized carbons (Fsp3) is 0.333. The third-order valence-electron chi connectivity index (χ3n) is 4.17. The first kappa shape index (κ1) is 15.2. The maximum absolute atomic E-state index is 12.5. The summed E-state index contributed by atoms with van der Waals surface area (Å²) in [5.41, 5.74) is 3.29. The van der Waals surface area contributed by atoms with Crippen LogP contribution in [0.1, 0.15) is 40.6 Å². The van der Waals surface area contributed by atoms with Crippen molar-refractivity contribution < 1.29 is 13.9 Å². The van der Waals surface area contributed by atoms with E-state index in [1.807, 2.05) is 31.2 Å².